The van der Waals surface area contributed by atoms with Crippen LogP contribution in [0.15, 0.2) is 41.7 Å². The SMILES string of the molecule is C=CCCn1nc(C(=O)O)c2ccccc2c1=O. The van der Waals surface area contributed by atoms with Gasteiger partial charge in [-0.3, -0.25) is 4.79 Å². The first kappa shape index (κ1) is 12.0. The predicted octanol–water partition coefficient (Wildman–Crippen LogP) is 1.67. The van der Waals surface area contributed by atoms with E-state index >= 15 is 0 Å². The molecule has 18 heavy (non-hydrogen) atoms. The summed E-state index contributed by atoms with van der Waals surface area (Å²) in [4.78, 5) is 23.2. The number of carbonyl (C=O) groups is 1. The van der Waals surface area contributed by atoms with Crippen molar-refractivity contribution in [2.75, 3.05) is 0 Å². The minimum absolute atomic E-state index is 0.103. The second-order valence-electron chi connectivity index (χ2n) is 3.80. The molecule has 0 fully saturated rings. The lowest BCUT2D eigenvalue weighted by Crippen LogP contribution is -2.25. The summed E-state index contributed by atoms with van der Waals surface area (Å²) in [5.74, 6) is -1.14. The van der Waals surface area contributed by atoms with E-state index in [0.29, 0.717) is 23.7 Å². The number of hydrogen-bond donors (Lipinski definition) is 1. The number of aryl methyl sites for hydroxylation is 1. The van der Waals surface area contributed by atoms with Crippen LogP contribution in [-0.4, -0.2) is 20.9 Å². The Hall–Kier alpha value is -2.43. The molecule has 1 aromatic heterocycles. The van der Waals surface area contributed by atoms with Gasteiger partial charge in [0.25, 0.3) is 5.56 Å². The number of nitrogens with zero attached hydrogens (tertiary/aromatic N) is 2. The van der Waals surface area contributed by atoms with Gasteiger partial charge in [0.15, 0.2) is 5.69 Å². The van der Waals surface area contributed by atoms with E-state index in [4.69, 9.17) is 5.11 Å². The van der Waals surface area contributed by atoms with Crippen LogP contribution in [0.2, 0.25) is 0 Å². The number of fused-ring (bicyclic) bond motifs is 1. The second kappa shape index (κ2) is 4.83. The molecule has 0 saturated heterocycles. The highest BCUT2D eigenvalue weighted by Gasteiger charge is 2.14. The maximum atomic E-state index is 12.1. The zero-order chi connectivity index (χ0) is 13.1. The Morgan fingerprint density at radius 3 is 2.67 bits per heavy atom. The van der Waals surface area contributed by atoms with Gasteiger partial charge < -0.3 is 5.11 Å². The lowest BCUT2D eigenvalue weighted by molar-refractivity contribution is 0.0690. The number of carboxylic acid groups (broad SMARTS) is 1. The third-order valence-corrected chi connectivity index (χ3v) is 2.62. The summed E-state index contributed by atoms with van der Waals surface area (Å²) in [7, 11) is 0. The first-order chi connectivity index (χ1) is 8.65. The van der Waals surface area contributed by atoms with E-state index in [1.54, 1.807) is 30.3 Å². The number of hydrogen-bond acceptors (Lipinski definition) is 3. The normalized spacial score (nSPS) is 10.4. The molecule has 0 radical (unpaired) electrons. The van der Waals surface area contributed by atoms with Crippen molar-refractivity contribution in [1.82, 2.24) is 9.78 Å². The Morgan fingerprint density at radius 2 is 2.06 bits per heavy atom. The van der Waals surface area contributed by atoms with E-state index in [0.717, 1.165) is 0 Å². The first-order valence-corrected chi connectivity index (χ1v) is 5.49. The molecular formula is C13H12N2O3. The zero-order valence-electron chi connectivity index (χ0n) is 9.67. The van der Waals surface area contributed by atoms with Gasteiger partial charge in [0.05, 0.1) is 5.39 Å². The highest BCUT2D eigenvalue weighted by molar-refractivity contribution is 6.01. The molecular weight excluding hydrogens is 232 g/mol. The molecule has 0 aliphatic rings. The van der Waals surface area contributed by atoms with Crippen molar-refractivity contribution in [2.45, 2.75) is 13.0 Å². The van der Waals surface area contributed by atoms with Crippen molar-refractivity contribution in [2.24, 2.45) is 0 Å². The van der Waals surface area contributed by atoms with E-state index in [1.807, 2.05) is 0 Å². The fourth-order valence-corrected chi connectivity index (χ4v) is 1.76. The summed E-state index contributed by atoms with van der Waals surface area (Å²) in [5.41, 5.74) is -0.383. The minimum atomic E-state index is -1.14. The zero-order valence-corrected chi connectivity index (χ0v) is 9.67. The number of aromatic carboxylic acids is 1. The summed E-state index contributed by atoms with van der Waals surface area (Å²) in [5, 5.41) is 13.8. The van der Waals surface area contributed by atoms with Crippen LogP contribution in [0.5, 0.6) is 0 Å². The van der Waals surface area contributed by atoms with E-state index in [9.17, 15) is 9.59 Å². The van der Waals surface area contributed by atoms with Gasteiger partial charge in [-0.15, -0.1) is 6.58 Å². The smallest absolute Gasteiger partial charge is 0.357 e. The molecule has 0 unspecified atom stereocenters. The summed E-state index contributed by atoms with van der Waals surface area (Å²) in [6.45, 7) is 3.89. The molecule has 0 bridgehead atoms. The van der Waals surface area contributed by atoms with Crippen LogP contribution in [0, 0.1) is 0 Å². The van der Waals surface area contributed by atoms with E-state index < -0.39 is 5.97 Å². The topological polar surface area (TPSA) is 72.2 Å². The molecule has 1 N–H and O–H groups in total. The predicted molar refractivity (Wildman–Crippen MR) is 67.8 cm³/mol. The van der Waals surface area contributed by atoms with Crippen LogP contribution in [0.1, 0.15) is 16.9 Å². The van der Waals surface area contributed by atoms with Crippen LogP contribution in [-0.2, 0) is 6.54 Å². The summed E-state index contributed by atoms with van der Waals surface area (Å²) < 4.78 is 1.17. The largest absolute Gasteiger partial charge is 0.476 e. The van der Waals surface area contributed by atoms with Crippen LogP contribution in [0.25, 0.3) is 10.8 Å². The number of benzene rings is 1. The molecule has 2 rings (SSSR count). The third kappa shape index (κ3) is 2.02. The summed E-state index contributed by atoms with van der Waals surface area (Å²) in [6.07, 6.45) is 2.22. The molecule has 0 amide bonds. The van der Waals surface area contributed by atoms with Crippen molar-refractivity contribution in [3.63, 3.8) is 0 Å². The summed E-state index contributed by atoms with van der Waals surface area (Å²) in [6, 6.07) is 6.58. The Balaban J connectivity index is 2.74. The third-order valence-electron chi connectivity index (χ3n) is 2.62. The van der Waals surface area contributed by atoms with Gasteiger partial charge in [0.1, 0.15) is 0 Å². The molecule has 0 saturated carbocycles. The Labute approximate surface area is 103 Å². The van der Waals surface area contributed by atoms with E-state index in [1.165, 1.54) is 4.68 Å². The molecule has 0 aliphatic carbocycles. The number of rotatable bonds is 4. The van der Waals surface area contributed by atoms with Gasteiger partial charge in [-0.25, -0.2) is 9.48 Å². The van der Waals surface area contributed by atoms with E-state index in [-0.39, 0.29) is 11.3 Å². The van der Waals surface area contributed by atoms with Gasteiger partial charge in [-0.05, 0) is 12.5 Å². The fourth-order valence-electron chi connectivity index (χ4n) is 1.76. The van der Waals surface area contributed by atoms with Gasteiger partial charge in [0.2, 0.25) is 0 Å². The van der Waals surface area contributed by atoms with Crippen molar-refractivity contribution >= 4 is 16.7 Å². The van der Waals surface area contributed by atoms with E-state index in [2.05, 4.69) is 11.7 Å². The van der Waals surface area contributed by atoms with Crippen LogP contribution in [0.3, 0.4) is 0 Å². The van der Waals surface area contributed by atoms with Crippen LogP contribution >= 0.6 is 0 Å². The first-order valence-electron chi connectivity index (χ1n) is 5.49. The molecule has 5 nitrogen and oxygen atoms in total. The van der Waals surface area contributed by atoms with Gasteiger partial charge >= 0.3 is 5.97 Å². The highest BCUT2D eigenvalue weighted by Crippen LogP contribution is 2.13. The van der Waals surface area contributed by atoms with Gasteiger partial charge in [-0.2, -0.15) is 5.10 Å². The molecule has 1 aromatic carbocycles. The molecule has 0 spiro atoms. The Morgan fingerprint density at radius 1 is 1.39 bits per heavy atom. The molecule has 0 aliphatic heterocycles. The second-order valence-corrected chi connectivity index (χ2v) is 3.80. The molecule has 2 aromatic rings. The lowest BCUT2D eigenvalue weighted by atomic mass is 10.1. The van der Waals surface area contributed by atoms with Crippen molar-refractivity contribution in [3.8, 4) is 0 Å². The maximum Gasteiger partial charge on any atom is 0.357 e. The van der Waals surface area contributed by atoms with Crippen molar-refractivity contribution in [1.29, 1.82) is 0 Å². The fraction of sp³-hybridized carbons (Fsp3) is 0.154. The standard InChI is InChI=1S/C13H12N2O3/c1-2-3-8-15-12(16)10-7-5-4-6-9(10)11(14-15)13(17)18/h2,4-7H,1,3,8H2,(H,17,18). The minimum Gasteiger partial charge on any atom is -0.476 e. The molecule has 0 atom stereocenters. The van der Waals surface area contributed by atoms with Crippen LogP contribution in [0.4, 0.5) is 0 Å². The quantitative estimate of drug-likeness (QED) is 0.830. The average molecular weight is 244 g/mol. The molecule has 5 heteroatoms. The van der Waals surface area contributed by atoms with Crippen molar-refractivity contribution < 1.29 is 9.90 Å². The van der Waals surface area contributed by atoms with Crippen LogP contribution < -0.4 is 5.56 Å². The highest BCUT2D eigenvalue weighted by atomic mass is 16.4. The number of aromatic nitrogens is 2. The van der Waals surface area contributed by atoms with Crippen molar-refractivity contribution in [3.05, 3.63) is 53.0 Å². The Kier molecular flexibility index (Phi) is 3.23. The van der Waals surface area contributed by atoms with Gasteiger partial charge in [0, 0.05) is 11.9 Å². The monoisotopic (exact) mass is 244 g/mol. The lowest BCUT2D eigenvalue weighted by Gasteiger charge is -2.07. The number of allylic oxidation sites excluding steroid dienone is 1. The molecule has 1 heterocycles. The van der Waals surface area contributed by atoms with Gasteiger partial charge in [-0.1, -0.05) is 24.3 Å². The maximum absolute atomic E-state index is 12.1. The molecule has 92 valence electrons. The Bertz CT molecular complexity index is 673. The average Bonchev–Trinajstić information content (AvgIpc) is 2.38. The number of carboxylic acids is 1. The summed E-state index contributed by atoms with van der Waals surface area (Å²) >= 11 is 0.